The molecule has 1 unspecified atom stereocenters. The monoisotopic (exact) mass is 406 g/mol. The Hall–Kier alpha value is -1.90. The Labute approximate surface area is 153 Å². The molecule has 0 aliphatic heterocycles. The van der Waals surface area contributed by atoms with Gasteiger partial charge in [-0.2, -0.15) is 0 Å². The van der Waals surface area contributed by atoms with E-state index in [2.05, 4.69) is 5.32 Å². The maximum Gasteiger partial charge on any atom is 0.310 e. The maximum atomic E-state index is 13.7. The molecule has 0 saturated carbocycles. The number of anilines is 1. The van der Waals surface area contributed by atoms with E-state index in [9.17, 15) is 22.9 Å². The SMILES string of the molecule is CC(Nc1cccc(S(C)(=O)=O)c1[N+](=O)[O-])c1c(Cl)ccc(F)c1Cl. The maximum absolute atomic E-state index is 13.7. The molecule has 0 fully saturated rings. The van der Waals surface area contributed by atoms with E-state index in [1.54, 1.807) is 6.92 Å². The van der Waals surface area contributed by atoms with Crippen molar-refractivity contribution in [2.75, 3.05) is 11.6 Å². The highest BCUT2D eigenvalue weighted by Gasteiger charge is 2.27. The Morgan fingerprint density at radius 2 is 1.88 bits per heavy atom. The van der Waals surface area contributed by atoms with Crippen LogP contribution in [0, 0.1) is 15.9 Å². The lowest BCUT2D eigenvalue weighted by atomic mass is 10.1. The van der Waals surface area contributed by atoms with Crippen LogP contribution >= 0.6 is 23.2 Å². The number of benzene rings is 2. The van der Waals surface area contributed by atoms with E-state index in [0.717, 1.165) is 18.4 Å². The van der Waals surface area contributed by atoms with Crippen molar-refractivity contribution in [2.45, 2.75) is 17.9 Å². The second-order valence-corrected chi connectivity index (χ2v) is 8.07. The summed E-state index contributed by atoms with van der Waals surface area (Å²) in [5.74, 6) is -0.686. The van der Waals surface area contributed by atoms with Crippen LogP contribution in [0.15, 0.2) is 35.2 Å². The van der Waals surface area contributed by atoms with Gasteiger partial charge in [-0.1, -0.05) is 29.3 Å². The standard InChI is InChI=1S/C15H13Cl2FN2O4S/c1-8(13-9(16)6-7-10(18)14(13)17)19-11-4-3-5-12(25(2,23)24)15(11)20(21)22/h3-8,19H,1-2H3. The minimum Gasteiger partial charge on any atom is -0.373 e. The van der Waals surface area contributed by atoms with Gasteiger partial charge in [0, 0.05) is 16.8 Å². The summed E-state index contributed by atoms with van der Waals surface area (Å²) in [6.45, 7) is 1.57. The van der Waals surface area contributed by atoms with Crippen LogP contribution in [-0.2, 0) is 9.84 Å². The third-order valence-electron chi connectivity index (χ3n) is 3.47. The molecule has 0 heterocycles. The minimum absolute atomic E-state index is 0.0446. The Morgan fingerprint density at radius 1 is 1.24 bits per heavy atom. The van der Waals surface area contributed by atoms with E-state index in [1.165, 1.54) is 18.2 Å². The first-order valence-corrected chi connectivity index (χ1v) is 9.56. The van der Waals surface area contributed by atoms with Crippen LogP contribution < -0.4 is 5.32 Å². The van der Waals surface area contributed by atoms with Gasteiger partial charge in [0.1, 0.15) is 16.4 Å². The van der Waals surface area contributed by atoms with Gasteiger partial charge < -0.3 is 5.32 Å². The molecular weight excluding hydrogens is 394 g/mol. The first kappa shape index (κ1) is 19.4. The molecule has 10 heteroatoms. The Morgan fingerprint density at radius 3 is 2.44 bits per heavy atom. The van der Waals surface area contributed by atoms with Gasteiger partial charge in [-0.25, -0.2) is 12.8 Å². The molecule has 0 radical (unpaired) electrons. The van der Waals surface area contributed by atoms with Crippen LogP contribution in [0.25, 0.3) is 0 Å². The molecule has 0 spiro atoms. The highest BCUT2D eigenvalue weighted by molar-refractivity contribution is 7.90. The molecule has 2 rings (SSSR count). The first-order chi connectivity index (χ1) is 11.5. The lowest BCUT2D eigenvalue weighted by Gasteiger charge is -2.19. The number of hydrogen-bond acceptors (Lipinski definition) is 5. The lowest BCUT2D eigenvalue weighted by Crippen LogP contribution is -2.12. The summed E-state index contributed by atoms with van der Waals surface area (Å²) < 4.78 is 37.3. The fraction of sp³-hybridized carbons (Fsp3) is 0.200. The van der Waals surface area contributed by atoms with Crippen LogP contribution in [0.5, 0.6) is 0 Å². The van der Waals surface area contributed by atoms with Crippen molar-refractivity contribution in [3.63, 3.8) is 0 Å². The quantitative estimate of drug-likeness (QED) is 0.444. The zero-order valence-electron chi connectivity index (χ0n) is 13.1. The molecule has 0 amide bonds. The highest BCUT2D eigenvalue weighted by Crippen LogP contribution is 2.38. The van der Waals surface area contributed by atoms with Gasteiger partial charge >= 0.3 is 5.69 Å². The average Bonchev–Trinajstić information content (AvgIpc) is 2.50. The molecule has 0 aliphatic carbocycles. The summed E-state index contributed by atoms with van der Waals surface area (Å²) >= 11 is 12.0. The smallest absolute Gasteiger partial charge is 0.310 e. The number of rotatable bonds is 5. The van der Waals surface area contributed by atoms with Gasteiger partial charge in [0.2, 0.25) is 0 Å². The third-order valence-corrected chi connectivity index (χ3v) is 5.31. The zero-order chi connectivity index (χ0) is 18.9. The van der Waals surface area contributed by atoms with Crippen LogP contribution in [-0.4, -0.2) is 19.6 Å². The van der Waals surface area contributed by atoms with Crippen LogP contribution in [0.3, 0.4) is 0 Å². The molecular formula is C15H13Cl2FN2O4S. The minimum atomic E-state index is -3.82. The lowest BCUT2D eigenvalue weighted by molar-refractivity contribution is -0.386. The van der Waals surface area contributed by atoms with Crippen molar-refractivity contribution < 1.29 is 17.7 Å². The Balaban J connectivity index is 2.55. The van der Waals surface area contributed by atoms with Gasteiger partial charge in [-0.15, -0.1) is 0 Å². The fourth-order valence-electron chi connectivity index (χ4n) is 2.37. The normalized spacial score (nSPS) is 12.7. The molecule has 2 aromatic rings. The van der Waals surface area contributed by atoms with Crippen LogP contribution in [0.2, 0.25) is 10.0 Å². The number of para-hydroxylation sites is 1. The van der Waals surface area contributed by atoms with E-state index in [0.29, 0.717) is 0 Å². The predicted octanol–water partition coefficient (Wildman–Crippen LogP) is 4.62. The highest BCUT2D eigenvalue weighted by atomic mass is 35.5. The molecule has 0 bridgehead atoms. The van der Waals surface area contributed by atoms with E-state index in [1.807, 2.05) is 0 Å². The molecule has 2 aromatic carbocycles. The Bertz CT molecular complexity index is 951. The summed E-state index contributed by atoms with van der Waals surface area (Å²) in [5.41, 5.74) is -0.431. The van der Waals surface area contributed by atoms with Crippen molar-refractivity contribution in [2.24, 2.45) is 0 Å². The number of nitrogens with zero attached hydrogens (tertiary/aromatic N) is 1. The zero-order valence-corrected chi connectivity index (χ0v) is 15.4. The van der Waals surface area contributed by atoms with Crippen molar-refractivity contribution in [1.29, 1.82) is 0 Å². The average molecular weight is 407 g/mol. The summed E-state index contributed by atoms with van der Waals surface area (Å²) in [7, 11) is -3.82. The second kappa shape index (κ2) is 7.15. The molecule has 134 valence electrons. The van der Waals surface area contributed by atoms with Gasteiger partial charge in [-0.3, -0.25) is 10.1 Å². The van der Waals surface area contributed by atoms with Crippen molar-refractivity contribution in [3.05, 3.63) is 61.9 Å². The topological polar surface area (TPSA) is 89.3 Å². The number of nitrogens with one attached hydrogen (secondary N) is 1. The van der Waals surface area contributed by atoms with E-state index in [-0.39, 0.29) is 21.3 Å². The number of halogens is 3. The molecule has 6 nitrogen and oxygen atoms in total. The summed E-state index contributed by atoms with van der Waals surface area (Å²) in [4.78, 5) is 10.2. The third kappa shape index (κ3) is 4.02. The van der Waals surface area contributed by atoms with Crippen molar-refractivity contribution >= 4 is 44.4 Å². The second-order valence-electron chi connectivity index (χ2n) is 5.30. The summed E-state index contributed by atoms with van der Waals surface area (Å²) in [6.07, 6.45) is 0.878. The molecule has 0 saturated heterocycles. The fourth-order valence-corrected chi connectivity index (χ4v) is 3.93. The van der Waals surface area contributed by atoms with Gasteiger partial charge in [0.25, 0.3) is 0 Å². The molecule has 1 atom stereocenters. The molecule has 0 aromatic heterocycles. The number of sulfone groups is 1. The Kier molecular flexibility index (Phi) is 5.55. The van der Waals surface area contributed by atoms with E-state index in [4.69, 9.17) is 23.2 Å². The summed E-state index contributed by atoms with van der Waals surface area (Å²) in [5, 5.41) is 14.1. The molecule has 1 N–H and O–H groups in total. The first-order valence-electron chi connectivity index (χ1n) is 6.91. The van der Waals surface area contributed by atoms with E-state index < -0.39 is 37.2 Å². The number of nitro groups is 1. The van der Waals surface area contributed by atoms with Gasteiger partial charge in [0.05, 0.1) is 16.0 Å². The van der Waals surface area contributed by atoms with Crippen LogP contribution in [0.4, 0.5) is 15.8 Å². The van der Waals surface area contributed by atoms with Gasteiger partial charge in [0.15, 0.2) is 9.84 Å². The molecule has 25 heavy (non-hydrogen) atoms. The largest absolute Gasteiger partial charge is 0.373 e. The number of nitro benzene ring substituents is 1. The summed E-state index contributed by atoms with van der Waals surface area (Å²) in [6, 6.07) is 5.57. The van der Waals surface area contributed by atoms with Gasteiger partial charge in [-0.05, 0) is 31.2 Å². The predicted molar refractivity (Wildman–Crippen MR) is 94.7 cm³/mol. The van der Waals surface area contributed by atoms with Crippen molar-refractivity contribution in [3.8, 4) is 0 Å². The van der Waals surface area contributed by atoms with E-state index >= 15 is 0 Å². The number of hydrogen-bond donors (Lipinski definition) is 1. The van der Waals surface area contributed by atoms with Crippen molar-refractivity contribution in [1.82, 2.24) is 0 Å². The van der Waals surface area contributed by atoms with Crippen LogP contribution in [0.1, 0.15) is 18.5 Å². The molecule has 0 aliphatic rings.